The van der Waals surface area contributed by atoms with E-state index in [0.717, 1.165) is 19.3 Å². The molecule has 0 unspecified atom stereocenters. The Hall–Kier alpha value is -3.84. The number of aromatic nitrogens is 4. The van der Waals surface area contributed by atoms with Crippen LogP contribution in [0.5, 0.6) is 0 Å². The molecule has 7 nitrogen and oxygen atoms in total. The minimum absolute atomic E-state index is 0.114. The molecular formula is C24H21F3N6O. The number of furan rings is 1. The van der Waals surface area contributed by atoms with E-state index in [1.807, 2.05) is 0 Å². The fraction of sp³-hybridized carbons (Fsp3) is 0.292. The second-order valence-electron chi connectivity index (χ2n) is 8.29. The summed E-state index contributed by atoms with van der Waals surface area (Å²) in [5.74, 6) is 4.50. The van der Waals surface area contributed by atoms with Gasteiger partial charge in [0.25, 0.3) is 0 Å². The maximum Gasteiger partial charge on any atom is 0.218 e. The predicted octanol–water partition coefficient (Wildman–Crippen LogP) is 4.23. The summed E-state index contributed by atoms with van der Waals surface area (Å²) in [5.41, 5.74) is 5.96. The second-order valence-corrected chi connectivity index (χ2v) is 8.29. The molecule has 0 saturated heterocycles. The predicted molar refractivity (Wildman–Crippen MR) is 119 cm³/mol. The molecule has 1 aliphatic rings. The van der Waals surface area contributed by atoms with Gasteiger partial charge < -0.3 is 10.2 Å². The third kappa shape index (κ3) is 4.34. The molecule has 1 aromatic carbocycles. The van der Waals surface area contributed by atoms with Crippen LogP contribution in [-0.4, -0.2) is 25.1 Å². The maximum absolute atomic E-state index is 14.1. The van der Waals surface area contributed by atoms with Crippen LogP contribution < -0.4 is 11.1 Å². The van der Waals surface area contributed by atoms with Crippen molar-refractivity contribution in [2.45, 2.75) is 44.2 Å². The molecule has 5 rings (SSSR count). The van der Waals surface area contributed by atoms with Crippen molar-refractivity contribution in [1.29, 1.82) is 0 Å². The number of anilines is 1. The zero-order chi connectivity index (χ0) is 23.7. The lowest BCUT2D eigenvalue weighted by Crippen LogP contribution is -2.45. The van der Waals surface area contributed by atoms with Crippen LogP contribution in [0.15, 0.2) is 41.1 Å². The molecule has 0 spiro atoms. The number of nitrogens with one attached hydrogen (secondary N) is 1. The van der Waals surface area contributed by atoms with Crippen molar-refractivity contribution in [3.63, 3.8) is 0 Å². The molecule has 1 aliphatic carbocycles. The van der Waals surface area contributed by atoms with Gasteiger partial charge in [0.15, 0.2) is 17.2 Å². The summed E-state index contributed by atoms with van der Waals surface area (Å²) >= 11 is 0. The van der Waals surface area contributed by atoms with Crippen LogP contribution >= 0.6 is 0 Å². The van der Waals surface area contributed by atoms with E-state index >= 15 is 0 Å². The molecule has 3 heterocycles. The first-order valence-electron chi connectivity index (χ1n) is 10.9. The lowest BCUT2D eigenvalue weighted by Gasteiger charge is -2.34. The van der Waals surface area contributed by atoms with Gasteiger partial charge in [-0.15, -0.1) is 5.10 Å². The SMILES string of the molecule is Nc1nc(C#CC2(NCc3c(F)cc(F)cc3F)CCCCC2)cn2nc(-c3ccco3)nc12. The summed E-state index contributed by atoms with van der Waals surface area (Å²) in [6.45, 7) is -0.114. The number of fused-ring (bicyclic) bond motifs is 1. The van der Waals surface area contributed by atoms with E-state index < -0.39 is 23.0 Å². The molecule has 0 bridgehead atoms. The molecule has 3 N–H and O–H groups in total. The Balaban J connectivity index is 1.44. The summed E-state index contributed by atoms with van der Waals surface area (Å²) in [5, 5.41) is 7.60. The van der Waals surface area contributed by atoms with E-state index in [-0.39, 0.29) is 17.9 Å². The largest absolute Gasteiger partial charge is 0.461 e. The van der Waals surface area contributed by atoms with Crippen LogP contribution in [-0.2, 0) is 6.54 Å². The summed E-state index contributed by atoms with van der Waals surface area (Å²) in [6, 6.07) is 4.83. The van der Waals surface area contributed by atoms with Gasteiger partial charge in [-0.2, -0.15) is 0 Å². The van der Waals surface area contributed by atoms with Gasteiger partial charge >= 0.3 is 0 Å². The number of halogens is 3. The van der Waals surface area contributed by atoms with Crippen molar-refractivity contribution in [2.24, 2.45) is 0 Å². The maximum atomic E-state index is 14.1. The van der Waals surface area contributed by atoms with Gasteiger partial charge in [-0.3, -0.25) is 5.32 Å². The van der Waals surface area contributed by atoms with E-state index in [9.17, 15) is 13.2 Å². The highest BCUT2D eigenvalue weighted by atomic mass is 19.1. The fourth-order valence-electron chi connectivity index (χ4n) is 4.17. The molecule has 0 amide bonds. The Morgan fingerprint density at radius 3 is 2.59 bits per heavy atom. The van der Waals surface area contributed by atoms with Crippen molar-refractivity contribution in [3.05, 3.63) is 65.4 Å². The molecule has 0 aliphatic heterocycles. The summed E-state index contributed by atoms with van der Waals surface area (Å²) in [6.07, 6.45) is 7.44. The minimum atomic E-state index is -0.951. The van der Waals surface area contributed by atoms with E-state index in [4.69, 9.17) is 10.2 Å². The molecular weight excluding hydrogens is 445 g/mol. The quantitative estimate of drug-likeness (QED) is 0.437. The van der Waals surface area contributed by atoms with Crippen molar-refractivity contribution in [3.8, 4) is 23.4 Å². The van der Waals surface area contributed by atoms with Gasteiger partial charge in [0.1, 0.15) is 23.1 Å². The third-order valence-electron chi connectivity index (χ3n) is 5.93. The fourth-order valence-corrected chi connectivity index (χ4v) is 4.17. The Labute approximate surface area is 193 Å². The number of hydrogen-bond acceptors (Lipinski definition) is 6. The summed E-state index contributed by atoms with van der Waals surface area (Å²) in [4.78, 5) is 8.69. The van der Waals surface area contributed by atoms with Gasteiger partial charge in [-0.1, -0.05) is 25.2 Å². The highest BCUT2D eigenvalue weighted by molar-refractivity contribution is 5.64. The van der Waals surface area contributed by atoms with Gasteiger partial charge in [-0.05, 0) is 30.9 Å². The third-order valence-corrected chi connectivity index (χ3v) is 5.93. The van der Waals surface area contributed by atoms with Crippen molar-refractivity contribution in [1.82, 2.24) is 24.9 Å². The zero-order valence-electron chi connectivity index (χ0n) is 18.1. The average Bonchev–Trinajstić information content (AvgIpc) is 3.48. The Kier molecular flexibility index (Phi) is 5.71. The van der Waals surface area contributed by atoms with Gasteiger partial charge in [0, 0.05) is 24.2 Å². The number of nitrogen functional groups attached to an aromatic ring is 1. The van der Waals surface area contributed by atoms with Gasteiger partial charge in [-0.25, -0.2) is 27.7 Å². The molecule has 1 fully saturated rings. The van der Waals surface area contributed by atoms with E-state index in [1.165, 1.54) is 10.8 Å². The lowest BCUT2D eigenvalue weighted by atomic mass is 9.82. The minimum Gasteiger partial charge on any atom is -0.461 e. The first-order chi connectivity index (χ1) is 16.4. The van der Waals surface area contributed by atoms with Crippen molar-refractivity contribution >= 4 is 11.5 Å². The first kappa shape index (κ1) is 22.0. The first-order valence-corrected chi connectivity index (χ1v) is 10.9. The second kappa shape index (κ2) is 8.83. The number of hydrogen-bond donors (Lipinski definition) is 2. The number of nitrogens with two attached hydrogens (primary N) is 1. The van der Waals surface area contributed by atoms with Crippen LogP contribution in [0.4, 0.5) is 19.0 Å². The standard InChI is InChI=1S/C24H21F3N6O/c25-15-11-18(26)17(19(27)12-15)13-29-24(7-2-1-3-8-24)9-6-16-14-33-23(21(28)30-16)31-22(32-33)20-5-4-10-34-20/h4-5,10-12,14,29H,1-3,7-8,13H2,(H2,28,30). The van der Waals surface area contributed by atoms with Crippen LogP contribution in [0.25, 0.3) is 17.2 Å². The number of nitrogens with zero attached hydrogens (tertiary/aromatic N) is 4. The van der Waals surface area contributed by atoms with Crippen LogP contribution in [0.1, 0.15) is 43.4 Å². The highest BCUT2D eigenvalue weighted by Gasteiger charge is 2.30. The molecule has 1 saturated carbocycles. The highest BCUT2D eigenvalue weighted by Crippen LogP contribution is 2.29. The molecule has 10 heteroatoms. The van der Waals surface area contributed by atoms with Crippen LogP contribution in [0.3, 0.4) is 0 Å². The Morgan fingerprint density at radius 1 is 1.12 bits per heavy atom. The summed E-state index contributed by atoms with van der Waals surface area (Å²) < 4.78 is 48.4. The number of rotatable bonds is 4. The van der Waals surface area contributed by atoms with Crippen molar-refractivity contribution in [2.75, 3.05) is 5.73 Å². The molecule has 174 valence electrons. The summed E-state index contributed by atoms with van der Waals surface area (Å²) in [7, 11) is 0. The lowest BCUT2D eigenvalue weighted by molar-refractivity contribution is 0.295. The zero-order valence-corrected chi connectivity index (χ0v) is 18.1. The topological polar surface area (TPSA) is 94.3 Å². The van der Waals surface area contributed by atoms with Crippen LogP contribution in [0, 0.1) is 29.3 Å². The van der Waals surface area contributed by atoms with Crippen molar-refractivity contribution < 1.29 is 17.6 Å². The Morgan fingerprint density at radius 2 is 1.88 bits per heavy atom. The van der Waals surface area contributed by atoms with E-state index in [1.54, 1.807) is 18.3 Å². The molecule has 0 atom stereocenters. The van der Waals surface area contributed by atoms with Gasteiger partial charge in [0.2, 0.25) is 5.82 Å². The van der Waals surface area contributed by atoms with E-state index in [2.05, 4.69) is 32.2 Å². The van der Waals surface area contributed by atoms with Crippen LogP contribution in [0.2, 0.25) is 0 Å². The molecule has 0 radical (unpaired) electrons. The monoisotopic (exact) mass is 466 g/mol. The smallest absolute Gasteiger partial charge is 0.218 e. The average molecular weight is 466 g/mol. The molecule has 4 aromatic rings. The Bertz CT molecular complexity index is 1370. The van der Waals surface area contributed by atoms with Gasteiger partial charge in [0.05, 0.1) is 18.0 Å². The molecule has 3 aromatic heterocycles. The molecule has 34 heavy (non-hydrogen) atoms. The van der Waals surface area contributed by atoms with E-state index in [0.29, 0.717) is 47.9 Å². The normalized spacial score (nSPS) is 15.3. The number of benzene rings is 1.